The average Bonchev–Trinajstić information content (AvgIpc) is 2.65. The zero-order valence-corrected chi connectivity index (χ0v) is 12.2. The van der Waals surface area contributed by atoms with Crippen LogP contribution in [0.2, 0.25) is 0 Å². The Morgan fingerprint density at radius 1 is 1.35 bits per heavy atom. The van der Waals surface area contributed by atoms with Crippen LogP contribution < -0.4 is 10.2 Å². The Kier molecular flexibility index (Phi) is 4.35. The molecule has 20 heavy (non-hydrogen) atoms. The molecule has 0 amide bonds. The van der Waals surface area contributed by atoms with Crippen LogP contribution in [0, 0.1) is 0 Å². The molecule has 0 radical (unpaired) electrons. The Hall–Kier alpha value is -1.13. The lowest BCUT2D eigenvalue weighted by Gasteiger charge is -2.18. The van der Waals surface area contributed by atoms with E-state index in [0.717, 1.165) is 0 Å². The summed E-state index contributed by atoms with van der Waals surface area (Å²) in [6.45, 7) is 0.872. The molecule has 1 aromatic rings. The molecule has 1 aromatic carbocycles. The number of hydrogen-bond acceptors (Lipinski definition) is 5. The van der Waals surface area contributed by atoms with E-state index in [0.29, 0.717) is 24.4 Å². The molecular formula is C11H17BN2O5S. The molecule has 1 aliphatic heterocycles. The highest BCUT2D eigenvalue weighted by Crippen LogP contribution is 2.19. The molecule has 110 valence electrons. The zero-order chi connectivity index (χ0) is 14.9. The van der Waals surface area contributed by atoms with Crippen molar-refractivity contribution in [3.63, 3.8) is 0 Å². The van der Waals surface area contributed by atoms with Crippen molar-refractivity contribution in [3.05, 3.63) is 23.8 Å². The minimum atomic E-state index is -3.46. The highest BCUT2D eigenvalue weighted by molar-refractivity contribution is 7.86. The fourth-order valence-corrected chi connectivity index (χ4v) is 3.45. The Bertz CT molecular complexity index is 592. The van der Waals surface area contributed by atoms with Crippen LogP contribution in [0.15, 0.2) is 18.2 Å². The van der Waals surface area contributed by atoms with Gasteiger partial charge in [0.15, 0.2) is 0 Å². The molecule has 0 aliphatic carbocycles. The first-order chi connectivity index (χ1) is 9.36. The summed E-state index contributed by atoms with van der Waals surface area (Å²) in [4.78, 5) is 0. The molecule has 9 heteroatoms. The van der Waals surface area contributed by atoms with Gasteiger partial charge >= 0.3 is 7.12 Å². The second kappa shape index (κ2) is 5.70. The molecule has 0 unspecified atom stereocenters. The molecule has 1 heterocycles. The van der Waals surface area contributed by atoms with Crippen molar-refractivity contribution in [2.75, 3.05) is 27.2 Å². The summed E-state index contributed by atoms with van der Waals surface area (Å²) in [5, 5.41) is 18.7. The third-order valence-electron chi connectivity index (χ3n) is 3.36. The van der Waals surface area contributed by atoms with E-state index in [4.69, 9.17) is 4.74 Å². The molecule has 2 rings (SSSR count). The summed E-state index contributed by atoms with van der Waals surface area (Å²) in [6, 6.07) is 4.73. The second-order valence-corrected chi connectivity index (χ2v) is 6.64. The lowest BCUT2D eigenvalue weighted by atomic mass is 9.77. The summed E-state index contributed by atoms with van der Waals surface area (Å²) in [5.74, 6) is 0.536. The molecule has 1 aliphatic rings. The van der Waals surface area contributed by atoms with E-state index in [1.165, 1.54) is 28.8 Å². The average molecular weight is 300 g/mol. The number of nitrogens with zero attached hydrogens (tertiary/aromatic N) is 2. The van der Waals surface area contributed by atoms with Gasteiger partial charge in [-0.3, -0.25) is 0 Å². The van der Waals surface area contributed by atoms with Gasteiger partial charge < -0.3 is 14.8 Å². The monoisotopic (exact) mass is 300 g/mol. The van der Waals surface area contributed by atoms with Crippen LogP contribution in [0.1, 0.15) is 5.56 Å². The topological polar surface area (TPSA) is 90.3 Å². The Morgan fingerprint density at radius 3 is 2.55 bits per heavy atom. The van der Waals surface area contributed by atoms with Crippen molar-refractivity contribution in [1.29, 1.82) is 0 Å². The minimum absolute atomic E-state index is 0.0802. The standard InChI is InChI=1S/C11H17BN2O5S/c1-13-5-6-14(20(13,17)18)8-9-7-10(19-2)3-4-11(9)12(15)16/h3-4,7,15-16H,5-6,8H2,1-2H3. The van der Waals surface area contributed by atoms with E-state index >= 15 is 0 Å². The van der Waals surface area contributed by atoms with Crippen LogP contribution >= 0.6 is 0 Å². The van der Waals surface area contributed by atoms with Gasteiger partial charge in [0.25, 0.3) is 10.2 Å². The van der Waals surface area contributed by atoms with Crippen LogP contribution in [-0.2, 0) is 16.8 Å². The molecule has 0 spiro atoms. The summed E-state index contributed by atoms with van der Waals surface area (Å²) in [5.41, 5.74) is 0.786. The molecule has 2 N–H and O–H groups in total. The number of ether oxygens (including phenoxy) is 1. The molecule has 0 saturated carbocycles. The molecule has 0 aromatic heterocycles. The Morgan fingerprint density at radius 2 is 2.05 bits per heavy atom. The van der Waals surface area contributed by atoms with Crippen molar-refractivity contribution in [2.24, 2.45) is 0 Å². The first-order valence-corrected chi connectivity index (χ1v) is 7.50. The van der Waals surface area contributed by atoms with Crippen molar-refractivity contribution < 1.29 is 23.2 Å². The maximum absolute atomic E-state index is 12.0. The quantitative estimate of drug-likeness (QED) is 0.651. The lowest BCUT2D eigenvalue weighted by molar-refractivity contribution is 0.409. The van der Waals surface area contributed by atoms with Gasteiger partial charge in [-0.2, -0.15) is 17.0 Å². The van der Waals surface area contributed by atoms with E-state index in [-0.39, 0.29) is 12.0 Å². The van der Waals surface area contributed by atoms with Gasteiger partial charge in [-0.15, -0.1) is 0 Å². The maximum Gasteiger partial charge on any atom is 0.488 e. The van der Waals surface area contributed by atoms with Crippen molar-refractivity contribution >= 4 is 22.8 Å². The largest absolute Gasteiger partial charge is 0.497 e. The van der Waals surface area contributed by atoms with E-state index in [1.807, 2.05) is 0 Å². The van der Waals surface area contributed by atoms with E-state index in [2.05, 4.69) is 0 Å². The predicted molar refractivity (Wildman–Crippen MR) is 74.8 cm³/mol. The highest BCUT2D eigenvalue weighted by atomic mass is 32.2. The van der Waals surface area contributed by atoms with Gasteiger partial charge in [0, 0.05) is 26.7 Å². The minimum Gasteiger partial charge on any atom is -0.497 e. The van der Waals surface area contributed by atoms with Gasteiger partial charge in [0.05, 0.1) is 7.11 Å². The highest BCUT2D eigenvalue weighted by Gasteiger charge is 2.34. The Labute approximate surface area is 118 Å². The van der Waals surface area contributed by atoms with Crippen LogP contribution in [-0.4, -0.2) is 61.4 Å². The van der Waals surface area contributed by atoms with Gasteiger partial charge in [-0.1, -0.05) is 6.07 Å². The van der Waals surface area contributed by atoms with Crippen molar-refractivity contribution in [1.82, 2.24) is 8.61 Å². The first-order valence-electron chi connectivity index (χ1n) is 6.10. The van der Waals surface area contributed by atoms with Gasteiger partial charge in [-0.05, 0) is 23.2 Å². The SMILES string of the molecule is COc1ccc(B(O)O)c(CN2CCN(C)S2(=O)=O)c1. The predicted octanol–water partition coefficient (Wildman–Crippen LogP) is -1.63. The third kappa shape index (κ3) is 2.81. The molecule has 0 bridgehead atoms. The molecular weight excluding hydrogens is 283 g/mol. The van der Waals surface area contributed by atoms with Crippen molar-refractivity contribution in [3.8, 4) is 5.75 Å². The summed E-state index contributed by atoms with van der Waals surface area (Å²) >= 11 is 0. The van der Waals surface area contributed by atoms with Crippen molar-refractivity contribution in [2.45, 2.75) is 6.54 Å². The molecule has 1 fully saturated rings. The van der Waals surface area contributed by atoms with Crippen LogP contribution in [0.4, 0.5) is 0 Å². The molecule has 0 atom stereocenters. The van der Waals surface area contributed by atoms with E-state index < -0.39 is 17.3 Å². The summed E-state index contributed by atoms with van der Waals surface area (Å²) < 4.78 is 31.7. The fraction of sp³-hybridized carbons (Fsp3) is 0.455. The Balaban J connectivity index is 2.33. The molecule has 7 nitrogen and oxygen atoms in total. The van der Waals surface area contributed by atoms with Gasteiger partial charge in [0.2, 0.25) is 0 Å². The third-order valence-corrected chi connectivity index (χ3v) is 5.29. The maximum atomic E-state index is 12.0. The summed E-state index contributed by atoms with van der Waals surface area (Å²) in [6.07, 6.45) is 0. The van der Waals surface area contributed by atoms with E-state index in [9.17, 15) is 18.5 Å². The zero-order valence-electron chi connectivity index (χ0n) is 11.4. The number of methoxy groups -OCH3 is 1. The van der Waals surface area contributed by atoms with Gasteiger partial charge in [0.1, 0.15) is 5.75 Å². The molecule has 1 saturated heterocycles. The van der Waals surface area contributed by atoms with Crippen LogP contribution in [0.25, 0.3) is 0 Å². The lowest BCUT2D eigenvalue weighted by Crippen LogP contribution is -2.37. The fourth-order valence-electron chi connectivity index (χ4n) is 2.13. The van der Waals surface area contributed by atoms with Crippen LogP contribution in [0.5, 0.6) is 5.75 Å². The smallest absolute Gasteiger partial charge is 0.488 e. The number of hydrogen-bond donors (Lipinski definition) is 2. The number of benzene rings is 1. The number of rotatable bonds is 4. The first kappa shape index (κ1) is 15.3. The van der Waals surface area contributed by atoms with E-state index in [1.54, 1.807) is 12.1 Å². The normalized spacial score (nSPS) is 19.2. The van der Waals surface area contributed by atoms with Gasteiger partial charge in [-0.25, -0.2) is 0 Å². The second-order valence-electron chi connectivity index (χ2n) is 4.60. The number of likely N-dealkylation sites (N-methyl/N-ethyl adjacent to an activating group) is 1. The van der Waals surface area contributed by atoms with Crippen LogP contribution in [0.3, 0.4) is 0 Å². The summed E-state index contributed by atoms with van der Waals surface area (Å²) in [7, 11) is -2.11.